The summed E-state index contributed by atoms with van der Waals surface area (Å²) >= 11 is 0. The molecule has 5 nitrogen and oxygen atoms in total. The number of carbonyl (C=O) groups excluding carboxylic acids is 3. The number of benzene rings is 2. The van der Waals surface area contributed by atoms with Gasteiger partial charge in [0.05, 0.1) is 5.92 Å². The Kier molecular flexibility index (Phi) is 6.37. The number of hydrogen-bond acceptors (Lipinski definition) is 3. The van der Waals surface area contributed by atoms with Gasteiger partial charge in [-0.2, -0.15) is 0 Å². The molecule has 5 heteroatoms. The summed E-state index contributed by atoms with van der Waals surface area (Å²) in [5.74, 6) is -0.808. The Morgan fingerprint density at radius 2 is 1.79 bits per heavy atom. The van der Waals surface area contributed by atoms with Crippen molar-refractivity contribution in [2.45, 2.75) is 19.3 Å². The Balaban J connectivity index is 1.63. The molecule has 1 N–H and O–H groups in total. The molecule has 1 saturated heterocycles. The summed E-state index contributed by atoms with van der Waals surface area (Å²) in [5, 5.41) is 2.33. The minimum atomic E-state index is -0.322. The summed E-state index contributed by atoms with van der Waals surface area (Å²) in [5.41, 5.74) is 2.72. The van der Waals surface area contributed by atoms with Gasteiger partial charge >= 0.3 is 0 Å². The molecule has 1 fully saturated rings. The third-order valence-corrected chi connectivity index (χ3v) is 4.90. The van der Waals surface area contributed by atoms with E-state index < -0.39 is 0 Å². The van der Waals surface area contributed by atoms with Crippen LogP contribution in [0.2, 0.25) is 0 Å². The first-order valence-electron chi connectivity index (χ1n) is 9.43. The lowest BCUT2D eigenvalue weighted by atomic mass is 9.97. The second-order valence-corrected chi connectivity index (χ2v) is 6.99. The predicted molar refractivity (Wildman–Crippen MR) is 108 cm³/mol. The molecule has 0 spiro atoms. The molecular weight excluding hydrogens is 352 g/mol. The minimum absolute atomic E-state index is 0.0452. The first-order chi connectivity index (χ1) is 13.6. The lowest BCUT2D eigenvalue weighted by Crippen LogP contribution is -2.33. The number of carbonyl (C=O) groups is 3. The van der Waals surface area contributed by atoms with Gasteiger partial charge in [-0.15, -0.1) is 6.58 Å². The standard InChI is InChI=1S/C23H24N2O3/c1-2-13-25(14-12-17-6-4-3-5-7-17)23(28)19-10-8-18(9-11-19)15-20-16-21(26)24-22(20)27/h2-11,20H,1,12-16H2,(H,24,26,27). The average Bonchev–Trinajstić information content (AvgIpc) is 3.02. The molecule has 1 atom stereocenters. The van der Waals surface area contributed by atoms with Crippen LogP contribution in [0.1, 0.15) is 27.9 Å². The summed E-state index contributed by atoms with van der Waals surface area (Å²) in [4.78, 5) is 37.7. The van der Waals surface area contributed by atoms with E-state index in [1.807, 2.05) is 30.3 Å². The van der Waals surface area contributed by atoms with Gasteiger partial charge in [-0.25, -0.2) is 0 Å². The summed E-state index contributed by atoms with van der Waals surface area (Å²) in [6.07, 6.45) is 3.23. The highest BCUT2D eigenvalue weighted by atomic mass is 16.2. The second kappa shape index (κ2) is 9.13. The maximum Gasteiger partial charge on any atom is 0.254 e. The number of amides is 3. The highest BCUT2D eigenvalue weighted by molar-refractivity contribution is 6.03. The molecule has 3 rings (SSSR count). The smallest absolute Gasteiger partial charge is 0.254 e. The first-order valence-corrected chi connectivity index (χ1v) is 9.43. The molecule has 0 bridgehead atoms. The summed E-state index contributed by atoms with van der Waals surface area (Å²) in [7, 11) is 0. The van der Waals surface area contributed by atoms with E-state index >= 15 is 0 Å². The third kappa shape index (κ3) is 4.94. The van der Waals surface area contributed by atoms with Crippen LogP contribution in [0.5, 0.6) is 0 Å². The summed E-state index contributed by atoms with van der Waals surface area (Å²) in [6.45, 7) is 4.85. The molecule has 28 heavy (non-hydrogen) atoms. The van der Waals surface area contributed by atoms with Gasteiger partial charge in [0.15, 0.2) is 0 Å². The summed E-state index contributed by atoms with van der Waals surface area (Å²) in [6, 6.07) is 17.3. The SMILES string of the molecule is C=CCN(CCc1ccccc1)C(=O)c1ccc(CC2CC(=O)NC2=O)cc1. The van der Waals surface area contributed by atoms with Crippen molar-refractivity contribution < 1.29 is 14.4 Å². The van der Waals surface area contributed by atoms with Crippen molar-refractivity contribution in [2.24, 2.45) is 5.92 Å². The lowest BCUT2D eigenvalue weighted by molar-refractivity contribution is -0.125. The molecule has 0 aromatic heterocycles. The summed E-state index contributed by atoms with van der Waals surface area (Å²) < 4.78 is 0. The van der Waals surface area contributed by atoms with E-state index in [-0.39, 0.29) is 30.1 Å². The zero-order valence-corrected chi connectivity index (χ0v) is 15.8. The lowest BCUT2D eigenvalue weighted by Gasteiger charge is -2.21. The largest absolute Gasteiger partial charge is 0.335 e. The molecule has 144 valence electrons. The van der Waals surface area contributed by atoms with Crippen LogP contribution >= 0.6 is 0 Å². The van der Waals surface area contributed by atoms with E-state index in [0.717, 1.165) is 12.0 Å². The van der Waals surface area contributed by atoms with Gasteiger partial charge in [-0.3, -0.25) is 19.7 Å². The Bertz CT molecular complexity index is 859. The zero-order chi connectivity index (χ0) is 19.9. The van der Waals surface area contributed by atoms with E-state index in [1.165, 1.54) is 5.56 Å². The maximum atomic E-state index is 12.9. The van der Waals surface area contributed by atoms with Crippen LogP contribution in [0.4, 0.5) is 0 Å². The fraction of sp³-hybridized carbons (Fsp3) is 0.261. The molecule has 2 aromatic rings. The Labute approximate surface area is 165 Å². The van der Waals surface area contributed by atoms with Gasteiger partial charge in [0.25, 0.3) is 5.91 Å². The highest BCUT2D eigenvalue weighted by Crippen LogP contribution is 2.18. The van der Waals surface area contributed by atoms with E-state index in [1.54, 1.807) is 23.1 Å². The van der Waals surface area contributed by atoms with Crippen molar-refractivity contribution in [3.63, 3.8) is 0 Å². The average molecular weight is 376 g/mol. The van der Waals surface area contributed by atoms with E-state index in [4.69, 9.17) is 0 Å². The maximum absolute atomic E-state index is 12.9. The molecular formula is C23H24N2O3. The van der Waals surface area contributed by atoms with Crippen LogP contribution in [-0.2, 0) is 22.4 Å². The number of nitrogens with zero attached hydrogens (tertiary/aromatic N) is 1. The molecule has 3 amide bonds. The van der Waals surface area contributed by atoms with Gasteiger partial charge in [0, 0.05) is 25.1 Å². The van der Waals surface area contributed by atoms with Crippen molar-refractivity contribution in [1.29, 1.82) is 0 Å². The van der Waals surface area contributed by atoms with Crippen LogP contribution in [0.3, 0.4) is 0 Å². The number of hydrogen-bond donors (Lipinski definition) is 1. The molecule has 0 aliphatic carbocycles. The Morgan fingerprint density at radius 1 is 1.07 bits per heavy atom. The van der Waals surface area contributed by atoms with Gasteiger partial charge in [-0.1, -0.05) is 48.5 Å². The molecule has 1 heterocycles. The third-order valence-electron chi connectivity index (χ3n) is 4.90. The van der Waals surface area contributed by atoms with Crippen LogP contribution < -0.4 is 5.32 Å². The first kappa shape index (κ1) is 19.5. The van der Waals surface area contributed by atoms with Crippen LogP contribution in [0.15, 0.2) is 67.3 Å². The van der Waals surface area contributed by atoms with E-state index in [9.17, 15) is 14.4 Å². The van der Waals surface area contributed by atoms with Crippen molar-refractivity contribution in [2.75, 3.05) is 13.1 Å². The van der Waals surface area contributed by atoms with Crippen LogP contribution in [0, 0.1) is 5.92 Å². The Morgan fingerprint density at radius 3 is 2.39 bits per heavy atom. The molecule has 1 unspecified atom stereocenters. The van der Waals surface area contributed by atoms with Crippen molar-refractivity contribution in [1.82, 2.24) is 10.2 Å². The predicted octanol–water partition coefficient (Wildman–Crippen LogP) is 2.76. The monoisotopic (exact) mass is 376 g/mol. The molecule has 1 aliphatic heterocycles. The van der Waals surface area contributed by atoms with Gasteiger partial charge < -0.3 is 4.90 Å². The van der Waals surface area contributed by atoms with Crippen LogP contribution in [-0.4, -0.2) is 35.7 Å². The van der Waals surface area contributed by atoms with Gasteiger partial charge in [-0.05, 0) is 36.1 Å². The van der Waals surface area contributed by atoms with Gasteiger partial charge in [0.1, 0.15) is 0 Å². The highest BCUT2D eigenvalue weighted by Gasteiger charge is 2.30. The zero-order valence-electron chi connectivity index (χ0n) is 15.8. The van der Waals surface area contributed by atoms with E-state index in [0.29, 0.717) is 25.1 Å². The Hall–Kier alpha value is -3.21. The topological polar surface area (TPSA) is 66.5 Å². The number of rotatable bonds is 8. The van der Waals surface area contributed by atoms with Crippen molar-refractivity contribution in [3.05, 3.63) is 83.9 Å². The second-order valence-electron chi connectivity index (χ2n) is 6.99. The number of nitrogens with one attached hydrogen (secondary N) is 1. The molecule has 0 saturated carbocycles. The fourth-order valence-corrected chi connectivity index (χ4v) is 3.36. The normalized spacial score (nSPS) is 15.9. The van der Waals surface area contributed by atoms with Crippen LogP contribution in [0.25, 0.3) is 0 Å². The van der Waals surface area contributed by atoms with Gasteiger partial charge in [0.2, 0.25) is 11.8 Å². The molecule has 0 radical (unpaired) electrons. The van der Waals surface area contributed by atoms with Crippen molar-refractivity contribution >= 4 is 17.7 Å². The molecule has 2 aromatic carbocycles. The van der Waals surface area contributed by atoms with E-state index in [2.05, 4.69) is 24.0 Å². The van der Waals surface area contributed by atoms with Crippen molar-refractivity contribution in [3.8, 4) is 0 Å². The fourth-order valence-electron chi connectivity index (χ4n) is 3.36. The quantitative estimate of drug-likeness (QED) is 0.569. The minimum Gasteiger partial charge on any atom is -0.335 e. The number of imide groups is 1. The molecule has 1 aliphatic rings.